The highest BCUT2D eigenvalue weighted by molar-refractivity contribution is 7.83. The number of imidazole rings is 1. The van der Waals surface area contributed by atoms with Crippen molar-refractivity contribution in [3.63, 3.8) is 0 Å². The standard InChI is InChI=1S/C9H11F5N2S3/c1-4(2)16-6(18)5(17)15(7(16)19)3-8(10,11)9(12,13)14/h4,17-18H,3H2,1-2H3. The second kappa shape index (κ2) is 5.28. The summed E-state index contributed by atoms with van der Waals surface area (Å²) in [5.41, 5.74) is 0. The zero-order valence-electron chi connectivity index (χ0n) is 9.87. The molecule has 1 rings (SSSR count). The Morgan fingerprint density at radius 3 is 1.89 bits per heavy atom. The predicted molar refractivity (Wildman–Crippen MR) is 69.1 cm³/mol. The summed E-state index contributed by atoms with van der Waals surface area (Å²) < 4.78 is 64.5. The highest BCUT2D eigenvalue weighted by Crippen LogP contribution is 2.38. The summed E-state index contributed by atoms with van der Waals surface area (Å²) in [5.74, 6) is -4.88. The second-order valence-electron chi connectivity index (χ2n) is 4.18. The van der Waals surface area contributed by atoms with Crippen LogP contribution in [0.25, 0.3) is 0 Å². The summed E-state index contributed by atoms with van der Waals surface area (Å²) in [6.07, 6.45) is -5.64. The molecule has 0 aliphatic carbocycles. The molecule has 0 aliphatic rings. The number of halogens is 5. The van der Waals surface area contributed by atoms with Crippen molar-refractivity contribution in [3.05, 3.63) is 4.77 Å². The van der Waals surface area contributed by atoms with Gasteiger partial charge in [-0.25, -0.2) is 0 Å². The van der Waals surface area contributed by atoms with E-state index in [1.54, 1.807) is 13.8 Å². The quantitative estimate of drug-likeness (QED) is 0.473. The van der Waals surface area contributed by atoms with Crippen LogP contribution < -0.4 is 0 Å². The molecule has 0 unspecified atom stereocenters. The van der Waals surface area contributed by atoms with Crippen LogP contribution >= 0.6 is 37.5 Å². The van der Waals surface area contributed by atoms with Gasteiger partial charge in [0.05, 0.1) is 6.54 Å². The average Bonchev–Trinajstić information content (AvgIpc) is 2.40. The van der Waals surface area contributed by atoms with Crippen LogP contribution in [0.2, 0.25) is 0 Å². The number of nitrogens with zero attached hydrogens (tertiary/aromatic N) is 2. The smallest absolute Gasteiger partial charge is 0.309 e. The molecule has 0 saturated carbocycles. The molecule has 1 aromatic heterocycles. The van der Waals surface area contributed by atoms with E-state index in [0.29, 0.717) is 4.57 Å². The molecule has 1 aromatic rings. The van der Waals surface area contributed by atoms with E-state index in [0.717, 1.165) is 0 Å². The minimum absolute atomic E-state index is 0.119. The van der Waals surface area contributed by atoms with Gasteiger partial charge < -0.3 is 9.13 Å². The van der Waals surface area contributed by atoms with Gasteiger partial charge >= 0.3 is 12.1 Å². The lowest BCUT2D eigenvalue weighted by atomic mass is 10.3. The molecule has 0 bridgehead atoms. The van der Waals surface area contributed by atoms with Gasteiger partial charge in [0.2, 0.25) is 0 Å². The summed E-state index contributed by atoms with van der Waals surface area (Å²) in [7, 11) is 0. The maximum absolute atomic E-state index is 13.1. The molecule has 0 atom stereocenters. The van der Waals surface area contributed by atoms with Crippen LogP contribution in [0, 0.1) is 4.77 Å². The monoisotopic (exact) mass is 338 g/mol. The molecule has 2 nitrogen and oxygen atoms in total. The summed E-state index contributed by atoms with van der Waals surface area (Å²) >= 11 is 12.8. The highest BCUT2D eigenvalue weighted by atomic mass is 32.1. The summed E-state index contributed by atoms with van der Waals surface area (Å²) in [6.45, 7) is 1.80. The van der Waals surface area contributed by atoms with Crippen molar-refractivity contribution in [2.24, 2.45) is 0 Å². The van der Waals surface area contributed by atoms with Gasteiger partial charge in [-0.15, -0.1) is 25.3 Å². The lowest BCUT2D eigenvalue weighted by molar-refractivity contribution is -0.287. The first-order valence-corrected chi connectivity index (χ1v) is 6.38. The minimum atomic E-state index is -5.64. The van der Waals surface area contributed by atoms with E-state index >= 15 is 0 Å². The van der Waals surface area contributed by atoms with Crippen molar-refractivity contribution in [2.45, 2.75) is 48.6 Å². The number of thiol groups is 2. The minimum Gasteiger partial charge on any atom is -0.309 e. The van der Waals surface area contributed by atoms with Crippen molar-refractivity contribution in [1.29, 1.82) is 0 Å². The third-order valence-corrected chi connectivity index (χ3v) is 3.88. The van der Waals surface area contributed by atoms with Gasteiger partial charge in [-0.05, 0) is 26.1 Å². The molecule has 0 amide bonds. The van der Waals surface area contributed by atoms with Crippen LogP contribution in [-0.4, -0.2) is 21.2 Å². The highest BCUT2D eigenvalue weighted by Gasteiger charge is 2.57. The van der Waals surface area contributed by atoms with Crippen LogP contribution in [-0.2, 0) is 6.54 Å². The van der Waals surface area contributed by atoms with E-state index in [9.17, 15) is 22.0 Å². The third-order valence-electron chi connectivity index (χ3n) is 2.41. The van der Waals surface area contributed by atoms with Gasteiger partial charge in [-0.3, -0.25) is 0 Å². The first kappa shape index (κ1) is 16.8. The van der Waals surface area contributed by atoms with Gasteiger partial charge in [0.25, 0.3) is 0 Å². The zero-order valence-corrected chi connectivity index (χ0v) is 12.5. The van der Waals surface area contributed by atoms with Gasteiger partial charge in [0.15, 0.2) is 4.77 Å². The zero-order chi connectivity index (χ0) is 15.2. The Kier molecular flexibility index (Phi) is 4.68. The Labute approximate surface area is 122 Å². The van der Waals surface area contributed by atoms with E-state index in [1.807, 2.05) is 0 Å². The van der Waals surface area contributed by atoms with Gasteiger partial charge in [-0.1, -0.05) is 0 Å². The fraction of sp³-hybridized carbons (Fsp3) is 0.667. The molecule has 0 N–H and O–H groups in total. The molecule has 0 aliphatic heterocycles. The van der Waals surface area contributed by atoms with E-state index in [-0.39, 0.29) is 20.9 Å². The molecular weight excluding hydrogens is 327 g/mol. The van der Waals surface area contributed by atoms with Crippen molar-refractivity contribution < 1.29 is 22.0 Å². The van der Waals surface area contributed by atoms with Gasteiger partial charge in [0.1, 0.15) is 10.1 Å². The Morgan fingerprint density at radius 1 is 1.11 bits per heavy atom. The lowest BCUT2D eigenvalue weighted by Crippen LogP contribution is -2.40. The van der Waals surface area contributed by atoms with E-state index in [1.165, 1.54) is 4.57 Å². The number of rotatable bonds is 3. The predicted octanol–water partition coefficient (Wildman–Crippen LogP) is 4.37. The second-order valence-corrected chi connectivity index (χ2v) is 5.39. The lowest BCUT2D eigenvalue weighted by Gasteiger charge is -2.20. The first-order chi connectivity index (χ1) is 8.40. The van der Waals surface area contributed by atoms with Crippen LogP contribution in [0.1, 0.15) is 19.9 Å². The van der Waals surface area contributed by atoms with Crippen LogP contribution in [0.15, 0.2) is 10.1 Å². The van der Waals surface area contributed by atoms with Gasteiger partial charge in [-0.2, -0.15) is 22.0 Å². The Balaban J connectivity index is 3.32. The molecule has 0 saturated heterocycles. The Bertz CT molecular complexity index is 529. The number of hydrogen-bond donors (Lipinski definition) is 2. The average molecular weight is 338 g/mol. The van der Waals surface area contributed by atoms with Crippen molar-refractivity contribution in [3.8, 4) is 0 Å². The topological polar surface area (TPSA) is 9.86 Å². The van der Waals surface area contributed by atoms with E-state index in [4.69, 9.17) is 12.2 Å². The molecule has 110 valence electrons. The maximum Gasteiger partial charge on any atom is 0.455 e. The van der Waals surface area contributed by atoms with Crippen molar-refractivity contribution in [1.82, 2.24) is 9.13 Å². The number of hydrogen-bond acceptors (Lipinski definition) is 3. The molecule has 10 heteroatoms. The van der Waals surface area contributed by atoms with Crippen LogP contribution in [0.4, 0.5) is 22.0 Å². The summed E-state index contributed by atoms with van der Waals surface area (Å²) in [5, 5.41) is 0.0345. The number of alkyl halides is 5. The molecule has 0 aromatic carbocycles. The molecule has 0 radical (unpaired) electrons. The Hall–Kier alpha value is -0.220. The van der Waals surface area contributed by atoms with E-state index in [2.05, 4.69) is 25.3 Å². The van der Waals surface area contributed by atoms with Crippen molar-refractivity contribution >= 4 is 37.5 Å². The third kappa shape index (κ3) is 3.10. The largest absolute Gasteiger partial charge is 0.455 e. The molecule has 19 heavy (non-hydrogen) atoms. The fourth-order valence-corrected chi connectivity index (χ4v) is 2.75. The van der Waals surface area contributed by atoms with E-state index < -0.39 is 18.6 Å². The molecule has 1 heterocycles. The first-order valence-electron chi connectivity index (χ1n) is 5.07. The Morgan fingerprint density at radius 2 is 1.58 bits per heavy atom. The summed E-state index contributed by atoms with van der Waals surface area (Å²) in [6, 6.07) is -0.230. The maximum atomic E-state index is 13.1. The molecular formula is C9H11F5N2S3. The summed E-state index contributed by atoms with van der Waals surface area (Å²) in [4.78, 5) is 0. The fourth-order valence-electron chi connectivity index (χ4n) is 1.44. The molecule has 0 spiro atoms. The van der Waals surface area contributed by atoms with Crippen LogP contribution in [0.5, 0.6) is 0 Å². The van der Waals surface area contributed by atoms with Crippen LogP contribution in [0.3, 0.4) is 0 Å². The normalized spacial score (nSPS) is 13.4. The van der Waals surface area contributed by atoms with Gasteiger partial charge in [0, 0.05) is 6.04 Å². The number of aromatic nitrogens is 2. The molecule has 0 fully saturated rings. The SMILES string of the molecule is CC(C)n1c(S)c(S)n(CC(F)(F)C(F)(F)F)c1=S. The van der Waals surface area contributed by atoms with Crippen molar-refractivity contribution in [2.75, 3.05) is 0 Å².